The third-order valence-electron chi connectivity index (χ3n) is 5.10. The SMILES string of the molecule is CC1(C)[C@@H](CNc2ccc(C#N)cn2)CC[C@@]1(C)OC(N)=O. The number of primary amides is 1. The molecule has 1 aromatic rings. The number of aromatic nitrogens is 1. The van der Waals surface area contributed by atoms with Crippen molar-refractivity contribution < 1.29 is 9.53 Å². The fraction of sp³-hybridized carbons (Fsp3) is 0.562. The molecular weight excluding hydrogens is 280 g/mol. The summed E-state index contributed by atoms with van der Waals surface area (Å²) in [6.07, 6.45) is 2.55. The van der Waals surface area contributed by atoms with Gasteiger partial charge in [0, 0.05) is 18.2 Å². The Bertz CT molecular complexity index is 591. The number of ether oxygens (including phenoxy) is 1. The maximum atomic E-state index is 11.1. The molecule has 0 bridgehead atoms. The normalized spacial score (nSPS) is 26.2. The van der Waals surface area contributed by atoms with E-state index in [1.165, 1.54) is 0 Å². The third-order valence-corrected chi connectivity index (χ3v) is 5.10. The number of carbonyl (C=O) groups is 1. The number of nitrogens with one attached hydrogen (secondary N) is 1. The summed E-state index contributed by atoms with van der Waals surface area (Å²) in [5.41, 5.74) is 4.99. The molecule has 6 nitrogen and oxygen atoms in total. The second-order valence-corrected chi connectivity index (χ2v) is 6.53. The first kappa shape index (κ1) is 16.1. The zero-order valence-corrected chi connectivity index (χ0v) is 13.2. The fourth-order valence-electron chi connectivity index (χ4n) is 3.12. The van der Waals surface area contributed by atoms with Crippen LogP contribution < -0.4 is 11.1 Å². The molecule has 0 aliphatic heterocycles. The van der Waals surface area contributed by atoms with E-state index in [-0.39, 0.29) is 5.41 Å². The Morgan fingerprint density at radius 2 is 2.27 bits per heavy atom. The van der Waals surface area contributed by atoms with E-state index in [9.17, 15) is 4.79 Å². The van der Waals surface area contributed by atoms with Crippen molar-refractivity contribution in [2.24, 2.45) is 17.1 Å². The molecule has 0 saturated heterocycles. The Hall–Kier alpha value is -2.29. The van der Waals surface area contributed by atoms with E-state index < -0.39 is 11.7 Å². The molecule has 1 amide bonds. The first-order chi connectivity index (χ1) is 10.3. The second kappa shape index (κ2) is 5.84. The summed E-state index contributed by atoms with van der Waals surface area (Å²) in [5.74, 6) is 1.06. The van der Waals surface area contributed by atoms with E-state index in [4.69, 9.17) is 15.7 Å². The van der Waals surface area contributed by atoms with Crippen LogP contribution in [0.1, 0.15) is 39.2 Å². The van der Waals surface area contributed by atoms with Gasteiger partial charge in [0.2, 0.25) is 0 Å². The van der Waals surface area contributed by atoms with Gasteiger partial charge in [-0.15, -0.1) is 0 Å². The zero-order chi connectivity index (χ0) is 16.4. The molecule has 0 aromatic carbocycles. The molecular formula is C16H22N4O2. The van der Waals surface area contributed by atoms with Crippen molar-refractivity contribution in [3.05, 3.63) is 23.9 Å². The first-order valence-electron chi connectivity index (χ1n) is 7.37. The van der Waals surface area contributed by atoms with Gasteiger partial charge in [-0.05, 0) is 37.8 Å². The molecule has 0 spiro atoms. The lowest BCUT2D eigenvalue weighted by Crippen LogP contribution is -2.46. The van der Waals surface area contributed by atoms with Gasteiger partial charge in [-0.2, -0.15) is 5.26 Å². The Balaban J connectivity index is 2.01. The lowest BCUT2D eigenvalue weighted by atomic mass is 9.73. The summed E-state index contributed by atoms with van der Waals surface area (Å²) in [5, 5.41) is 12.1. The molecule has 2 atom stereocenters. The summed E-state index contributed by atoms with van der Waals surface area (Å²) in [6.45, 7) is 6.87. The molecule has 1 aliphatic carbocycles. The van der Waals surface area contributed by atoms with E-state index in [1.54, 1.807) is 18.3 Å². The van der Waals surface area contributed by atoms with Crippen LogP contribution in [0.5, 0.6) is 0 Å². The summed E-state index contributed by atoms with van der Waals surface area (Å²) < 4.78 is 5.39. The van der Waals surface area contributed by atoms with Gasteiger partial charge in [-0.1, -0.05) is 13.8 Å². The van der Waals surface area contributed by atoms with Gasteiger partial charge in [0.15, 0.2) is 0 Å². The maximum Gasteiger partial charge on any atom is 0.405 e. The van der Waals surface area contributed by atoms with Crippen LogP contribution in [-0.2, 0) is 4.74 Å². The van der Waals surface area contributed by atoms with Gasteiger partial charge in [0.05, 0.1) is 5.56 Å². The van der Waals surface area contributed by atoms with Gasteiger partial charge >= 0.3 is 6.09 Å². The van der Waals surface area contributed by atoms with Crippen LogP contribution in [0.15, 0.2) is 18.3 Å². The minimum atomic E-state index is -0.724. The third kappa shape index (κ3) is 2.98. The topological polar surface area (TPSA) is 101 Å². The number of rotatable bonds is 4. The number of pyridine rings is 1. The highest BCUT2D eigenvalue weighted by molar-refractivity contribution is 5.65. The Kier molecular flexibility index (Phi) is 4.27. The van der Waals surface area contributed by atoms with Crippen LogP contribution in [0, 0.1) is 22.7 Å². The van der Waals surface area contributed by atoms with E-state index in [1.807, 2.05) is 13.0 Å². The quantitative estimate of drug-likeness (QED) is 0.890. The van der Waals surface area contributed by atoms with Crippen molar-refractivity contribution in [3.8, 4) is 6.07 Å². The molecule has 3 N–H and O–H groups in total. The highest BCUT2D eigenvalue weighted by Gasteiger charge is 2.53. The smallest absolute Gasteiger partial charge is 0.405 e. The molecule has 6 heteroatoms. The van der Waals surface area contributed by atoms with E-state index >= 15 is 0 Å². The standard InChI is InChI=1S/C16H22N4O2/c1-15(2)12(6-7-16(15,3)22-14(18)21)10-20-13-5-4-11(8-17)9-19-13/h4-5,9,12H,6-7,10H2,1-3H3,(H2,18,21)(H,19,20)/t12-,16-/m1/s1. The number of carbonyl (C=O) groups excluding carboxylic acids is 1. The number of hydrogen-bond donors (Lipinski definition) is 2. The highest BCUT2D eigenvalue weighted by atomic mass is 16.6. The van der Waals surface area contributed by atoms with Gasteiger partial charge < -0.3 is 15.8 Å². The maximum absolute atomic E-state index is 11.1. The fourth-order valence-corrected chi connectivity index (χ4v) is 3.12. The Morgan fingerprint density at radius 1 is 1.55 bits per heavy atom. The minimum Gasteiger partial charge on any atom is -0.443 e. The number of anilines is 1. The van der Waals surface area contributed by atoms with Crippen molar-refractivity contribution in [3.63, 3.8) is 0 Å². The van der Waals surface area contributed by atoms with Gasteiger partial charge in [0.25, 0.3) is 0 Å². The predicted octanol–water partition coefficient (Wildman–Crippen LogP) is 2.66. The van der Waals surface area contributed by atoms with E-state index in [0.717, 1.165) is 25.2 Å². The lowest BCUT2D eigenvalue weighted by Gasteiger charge is -2.40. The van der Waals surface area contributed by atoms with Crippen LogP contribution >= 0.6 is 0 Å². The van der Waals surface area contributed by atoms with Crippen LogP contribution in [0.2, 0.25) is 0 Å². The summed E-state index contributed by atoms with van der Waals surface area (Å²) in [7, 11) is 0. The second-order valence-electron chi connectivity index (χ2n) is 6.53. The zero-order valence-electron chi connectivity index (χ0n) is 13.2. The number of hydrogen-bond acceptors (Lipinski definition) is 5. The summed E-state index contributed by atoms with van der Waals surface area (Å²) in [6, 6.07) is 5.57. The average Bonchev–Trinajstić information content (AvgIpc) is 2.67. The lowest BCUT2D eigenvalue weighted by molar-refractivity contribution is -0.0493. The van der Waals surface area contributed by atoms with Crippen molar-refractivity contribution in [2.75, 3.05) is 11.9 Å². The molecule has 0 unspecified atom stereocenters. The van der Waals surface area contributed by atoms with Crippen LogP contribution in [0.3, 0.4) is 0 Å². The van der Waals surface area contributed by atoms with Crippen molar-refractivity contribution in [2.45, 2.75) is 39.2 Å². The van der Waals surface area contributed by atoms with Crippen molar-refractivity contribution in [1.82, 2.24) is 4.98 Å². The van der Waals surface area contributed by atoms with Gasteiger partial charge in [0.1, 0.15) is 17.5 Å². The summed E-state index contributed by atoms with van der Waals surface area (Å²) in [4.78, 5) is 15.3. The molecule has 1 aliphatic rings. The van der Waals surface area contributed by atoms with Crippen LogP contribution in [0.25, 0.3) is 0 Å². The number of nitriles is 1. The molecule has 22 heavy (non-hydrogen) atoms. The average molecular weight is 302 g/mol. The molecule has 1 fully saturated rings. The number of nitrogens with two attached hydrogens (primary N) is 1. The number of amides is 1. The minimum absolute atomic E-state index is 0.193. The first-order valence-corrected chi connectivity index (χ1v) is 7.37. The molecule has 1 saturated carbocycles. The largest absolute Gasteiger partial charge is 0.443 e. The Morgan fingerprint density at radius 3 is 2.82 bits per heavy atom. The number of nitrogens with zero attached hydrogens (tertiary/aromatic N) is 2. The predicted molar refractivity (Wildman–Crippen MR) is 83.0 cm³/mol. The molecule has 1 heterocycles. The molecule has 2 rings (SSSR count). The van der Waals surface area contributed by atoms with Gasteiger partial charge in [-0.25, -0.2) is 9.78 Å². The highest BCUT2D eigenvalue weighted by Crippen LogP contribution is 2.52. The molecule has 118 valence electrons. The van der Waals surface area contributed by atoms with E-state index in [0.29, 0.717) is 11.5 Å². The molecule has 1 aromatic heterocycles. The van der Waals surface area contributed by atoms with Crippen molar-refractivity contribution >= 4 is 11.9 Å². The van der Waals surface area contributed by atoms with Crippen molar-refractivity contribution in [1.29, 1.82) is 5.26 Å². The monoisotopic (exact) mass is 302 g/mol. The summed E-state index contributed by atoms with van der Waals surface area (Å²) >= 11 is 0. The van der Waals surface area contributed by atoms with E-state index in [2.05, 4.69) is 24.1 Å². The van der Waals surface area contributed by atoms with Gasteiger partial charge in [-0.3, -0.25) is 0 Å². The molecule has 0 radical (unpaired) electrons. The van der Waals surface area contributed by atoms with Crippen LogP contribution in [0.4, 0.5) is 10.6 Å². The Labute approximate surface area is 130 Å². The van der Waals surface area contributed by atoms with Crippen LogP contribution in [-0.4, -0.2) is 23.2 Å².